The van der Waals surface area contributed by atoms with Gasteiger partial charge in [0.1, 0.15) is 0 Å². The summed E-state index contributed by atoms with van der Waals surface area (Å²) in [6, 6.07) is 0. The molecule has 0 unspecified atom stereocenters. The summed E-state index contributed by atoms with van der Waals surface area (Å²) in [5, 5.41) is 18.7. The number of unbranched alkanes of at least 4 members (excludes halogenated alkanes) is 6. The van der Waals surface area contributed by atoms with Crippen LogP contribution in [0.3, 0.4) is 0 Å². The van der Waals surface area contributed by atoms with Crippen molar-refractivity contribution in [2.24, 2.45) is 5.41 Å². The van der Waals surface area contributed by atoms with Gasteiger partial charge in [0.2, 0.25) is 0 Å². The SMILES string of the molecule is CCCCCCC(CCCCCC)(C(=O)O)C(=O)O.[CaH2]. The molecule has 0 atom stereocenters. The fourth-order valence-electron chi connectivity index (χ4n) is 2.35. The van der Waals surface area contributed by atoms with Gasteiger partial charge in [-0.3, -0.25) is 9.59 Å². The predicted octanol–water partition coefficient (Wildman–Crippen LogP) is 3.17. The minimum atomic E-state index is -1.57. The number of hydrogen-bond acceptors (Lipinski definition) is 2. The Balaban J connectivity index is 0. The van der Waals surface area contributed by atoms with Crippen molar-refractivity contribution in [2.75, 3.05) is 0 Å². The van der Waals surface area contributed by atoms with E-state index in [4.69, 9.17) is 0 Å². The molecule has 20 heavy (non-hydrogen) atoms. The van der Waals surface area contributed by atoms with Gasteiger partial charge in [0.25, 0.3) is 0 Å². The number of rotatable bonds is 12. The van der Waals surface area contributed by atoms with Crippen LogP contribution in [0.25, 0.3) is 0 Å². The molecule has 5 heteroatoms. The van der Waals surface area contributed by atoms with E-state index >= 15 is 0 Å². The number of aliphatic carboxylic acids is 2. The van der Waals surface area contributed by atoms with Crippen LogP contribution in [-0.2, 0) is 9.59 Å². The Morgan fingerprint density at radius 3 is 1.35 bits per heavy atom. The van der Waals surface area contributed by atoms with E-state index in [1.165, 1.54) is 0 Å². The first-order valence-corrected chi connectivity index (χ1v) is 7.48. The molecule has 0 heterocycles. The Morgan fingerprint density at radius 2 is 1.10 bits per heavy atom. The molecule has 0 aliphatic rings. The van der Waals surface area contributed by atoms with Gasteiger partial charge in [-0.1, -0.05) is 65.2 Å². The van der Waals surface area contributed by atoms with Crippen molar-refractivity contribution < 1.29 is 19.8 Å². The van der Waals surface area contributed by atoms with E-state index < -0.39 is 17.4 Å². The summed E-state index contributed by atoms with van der Waals surface area (Å²) in [6.45, 7) is 4.15. The number of carbonyl (C=O) groups is 2. The molecular weight excluding hydrogens is 284 g/mol. The molecule has 0 rings (SSSR count). The van der Waals surface area contributed by atoms with Crippen LogP contribution >= 0.6 is 0 Å². The molecule has 0 aromatic rings. The summed E-state index contributed by atoms with van der Waals surface area (Å²) >= 11 is 0. The summed E-state index contributed by atoms with van der Waals surface area (Å²) in [5.74, 6) is -2.35. The van der Waals surface area contributed by atoms with Crippen molar-refractivity contribution in [1.29, 1.82) is 0 Å². The number of hydrogen-bond donors (Lipinski definition) is 2. The van der Waals surface area contributed by atoms with Crippen LogP contribution in [0, 0.1) is 5.41 Å². The predicted molar refractivity (Wildman–Crippen MR) is 83.8 cm³/mol. The topological polar surface area (TPSA) is 74.6 Å². The second-order valence-electron chi connectivity index (χ2n) is 5.31. The number of carboxylic acids is 2. The third kappa shape index (κ3) is 7.84. The van der Waals surface area contributed by atoms with Crippen molar-refractivity contribution in [3.8, 4) is 0 Å². The third-order valence-electron chi connectivity index (χ3n) is 3.73. The molecule has 116 valence electrons. The zero-order chi connectivity index (χ0) is 14.7. The van der Waals surface area contributed by atoms with E-state index in [9.17, 15) is 19.8 Å². The second-order valence-corrected chi connectivity index (χ2v) is 5.31. The molecule has 0 radical (unpaired) electrons. The summed E-state index contributed by atoms with van der Waals surface area (Å²) in [5.41, 5.74) is -1.57. The van der Waals surface area contributed by atoms with Crippen LogP contribution < -0.4 is 0 Å². The van der Waals surface area contributed by atoms with Crippen LogP contribution in [0.2, 0.25) is 0 Å². The van der Waals surface area contributed by atoms with Gasteiger partial charge < -0.3 is 10.2 Å². The quantitative estimate of drug-likeness (QED) is 0.330. The monoisotopic (exact) mass is 314 g/mol. The summed E-state index contributed by atoms with van der Waals surface area (Å²) in [7, 11) is 0. The van der Waals surface area contributed by atoms with Gasteiger partial charge in [-0.05, 0) is 12.8 Å². The molecule has 0 aromatic carbocycles. The molecule has 0 aliphatic heterocycles. The average Bonchev–Trinajstić information content (AvgIpc) is 2.36. The van der Waals surface area contributed by atoms with E-state index in [-0.39, 0.29) is 50.6 Å². The molecule has 2 N–H and O–H groups in total. The van der Waals surface area contributed by atoms with Crippen molar-refractivity contribution in [3.63, 3.8) is 0 Å². The van der Waals surface area contributed by atoms with Crippen molar-refractivity contribution in [3.05, 3.63) is 0 Å². The van der Waals surface area contributed by atoms with Crippen LogP contribution in [0.4, 0.5) is 0 Å². The first-order chi connectivity index (χ1) is 9.01. The van der Waals surface area contributed by atoms with Gasteiger partial charge in [0.05, 0.1) is 0 Å². The first kappa shape index (κ1) is 22.5. The van der Waals surface area contributed by atoms with E-state index in [0.29, 0.717) is 12.8 Å². The minimum absolute atomic E-state index is 0. The molecule has 0 spiro atoms. The van der Waals surface area contributed by atoms with Gasteiger partial charge in [-0.2, -0.15) is 0 Å². The van der Waals surface area contributed by atoms with Crippen molar-refractivity contribution >= 4 is 49.7 Å². The molecule has 0 saturated carbocycles. The van der Waals surface area contributed by atoms with Gasteiger partial charge in [-0.15, -0.1) is 0 Å². The molecule has 4 nitrogen and oxygen atoms in total. The molecule has 0 aliphatic carbocycles. The van der Waals surface area contributed by atoms with E-state index in [1.54, 1.807) is 0 Å². The Hall–Kier alpha value is 0.200. The van der Waals surface area contributed by atoms with E-state index in [0.717, 1.165) is 38.5 Å². The second kappa shape index (κ2) is 12.9. The van der Waals surface area contributed by atoms with Crippen LogP contribution in [0.1, 0.15) is 78.1 Å². The number of carboxylic acid groups (broad SMARTS) is 2. The van der Waals surface area contributed by atoms with Crippen LogP contribution in [0.5, 0.6) is 0 Å². The average molecular weight is 314 g/mol. The Labute approximate surface area is 152 Å². The molecular formula is C15H30CaO4. The Morgan fingerprint density at radius 1 is 0.750 bits per heavy atom. The summed E-state index contributed by atoms with van der Waals surface area (Å²) < 4.78 is 0. The maximum atomic E-state index is 11.4. The fourth-order valence-corrected chi connectivity index (χ4v) is 2.35. The molecule has 0 aromatic heterocycles. The van der Waals surface area contributed by atoms with Crippen LogP contribution in [-0.4, -0.2) is 59.9 Å². The molecule has 0 bridgehead atoms. The zero-order valence-corrected chi connectivity index (χ0v) is 12.3. The van der Waals surface area contributed by atoms with Crippen LogP contribution in [0.15, 0.2) is 0 Å². The maximum absolute atomic E-state index is 11.4. The Kier molecular flexibility index (Phi) is 14.5. The first-order valence-electron chi connectivity index (χ1n) is 7.48. The molecule has 0 saturated heterocycles. The summed E-state index contributed by atoms with van der Waals surface area (Å²) in [6.07, 6.45) is 7.87. The molecule has 0 amide bonds. The Bertz CT molecular complexity index is 251. The standard InChI is InChI=1S/C15H28O4.Ca.2H/c1-3-5-7-9-11-15(13(16)17,14(18)19)12-10-8-6-4-2;;;/h3-12H2,1-2H3,(H,16,17)(H,18,19);;;. The van der Waals surface area contributed by atoms with Crippen molar-refractivity contribution in [2.45, 2.75) is 78.1 Å². The van der Waals surface area contributed by atoms with Gasteiger partial charge in [-0.25, -0.2) is 0 Å². The fraction of sp³-hybridized carbons (Fsp3) is 0.867. The summed E-state index contributed by atoms with van der Waals surface area (Å²) in [4.78, 5) is 22.8. The zero-order valence-electron chi connectivity index (χ0n) is 12.3. The molecule has 0 fully saturated rings. The van der Waals surface area contributed by atoms with E-state index in [2.05, 4.69) is 13.8 Å². The van der Waals surface area contributed by atoms with Crippen molar-refractivity contribution in [1.82, 2.24) is 0 Å². The van der Waals surface area contributed by atoms with E-state index in [1.807, 2.05) is 0 Å². The van der Waals surface area contributed by atoms with Gasteiger partial charge in [0.15, 0.2) is 5.41 Å². The van der Waals surface area contributed by atoms with Gasteiger partial charge in [0, 0.05) is 0 Å². The van der Waals surface area contributed by atoms with Gasteiger partial charge >= 0.3 is 49.7 Å². The normalized spacial score (nSPS) is 10.9. The third-order valence-corrected chi connectivity index (χ3v) is 3.73.